The summed E-state index contributed by atoms with van der Waals surface area (Å²) < 4.78 is 0. The van der Waals surface area contributed by atoms with Crippen molar-refractivity contribution in [2.24, 2.45) is 11.8 Å². The Balaban J connectivity index is 2.45. The SMILES string of the molecule is CC1C(=O)N(c2ccc(C#N)c(Cl)c2)C(=O)C1C. The standard InChI is InChI=1S/C13H11ClN2O2/c1-7-8(2)13(18)16(12(7)17)10-4-3-9(6-15)11(14)5-10/h3-5,7-8H,1-2H3. The molecule has 0 saturated carbocycles. The van der Waals surface area contributed by atoms with E-state index in [1.54, 1.807) is 19.9 Å². The molecule has 0 spiro atoms. The molecule has 2 rings (SSSR count). The molecule has 1 aromatic carbocycles. The van der Waals surface area contributed by atoms with E-state index in [1.165, 1.54) is 12.1 Å². The number of carbonyl (C=O) groups is 2. The lowest BCUT2D eigenvalue weighted by molar-refractivity contribution is -0.122. The minimum Gasteiger partial charge on any atom is -0.274 e. The van der Waals surface area contributed by atoms with Crippen LogP contribution in [0.1, 0.15) is 19.4 Å². The topological polar surface area (TPSA) is 61.2 Å². The number of rotatable bonds is 1. The molecule has 0 radical (unpaired) electrons. The van der Waals surface area contributed by atoms with Gasteiger partial charge >= 0.3 is 0 Å². The van der Waals surface area contributed by atoms with E-state index in [0.29, 0.717) is 11.3 Å². The number of halogens is 1. The van der Waals surface area contributed by atoms with Gasteiger partial charge < -0.3 is 0 Å². The van der Waals surface area contributed by atoms with Crippen LogP contribution < -0.4 is 4.90 Å². The molecule has 0 aromatic heterocycles. The second kappa shape index (κ2) is 4.43. The van der Waals surface area contributed by atoms with E-state index in [4.69, 9.17) is 16.9 Å². The lowest BCUT2D eigenvalue weighted by atomic mass is 10.00. The molecule has 92 valence electrons. The summed E-state index contributed by atoms with van der Waals surface area (Å²) in [4.78, 5) is 25.1. The zero-order chi connectivity index (χ0) is 13.4. The molecule has 1 saturated heterocycles. The number of hydrogen-bond donors (Lipinski definition) is 0. The Labute approximate surface area is 110 Å². The Morgan fingerprint density at radius 1 is 1.22 bits per heavy atom. The second-order valence-corrected chi connectivity index (χ2v) is 4.77. The molecule has 2 unspecified atom stereocenters. The van der Waals surface area contributed by atoms with Gasteiger partial charge in [0.05, 0.1) is 16.3 Å². The van der Waals surface area contributed by atoms with Crippen LogP contribution in [-0.4, -0.2) is 11.8 Å². The number of nitriles is 1. The van der Waals surface area contributed by atoms with Gasteiger partial charge in [-0.25, -0.2) is 0 Å². The van der Waals surface area contributed by atoms with Gasteiger partial charge in [0.25, 0.3) is 0 Å². The van der Waals surface area contributed by atoms with Gasteiger partial charge in [-0.15, -0.1) is 0 Å². The van der Waals surface area contributed by atoms with Crippen molar-refractivity contribution in [3.05, 3.63) is 28.8 Å². The Morgan fingerprint density at radius 3 is 2.22 bits per heavy atom. The van der Waals surface area contributed by atoms with Crippen LogP contribution in [0.15, 0.2) is 18.2 Å². The van der Waals surface area contributed by atoms with Crippen molar-refractivity contribution in [2.45, 2.75) is 13.8 Å². The Hall–Kier alpha value is -1.86. The maximum Gasteiger partial charge on any atom is 0.237 e. The van der Waals surface area contributed by atoms with Crippen molar-refractivity contribution in [3.8, 4) is 6.07 Å². The molecule has 18 heavy (non-hydrogen) atoms. The molecule has 5 heteroatoms. The zero-order valence-corrected chi connectivity index (χ0v) is 10.7. The van der Waals surface area contributed by atoms with Crippen molar-refractivity contribution in [1.82, 2.24) is 0 Å². The molecule has 1 heterocycles. The monoisotopic (exact) mass is 262 g/mol. The zero-order valence-electron chi connectivity index (χ0n) is 9.98. The molecule has 2 atom stereocenters. The third kappa shape index (κ3) is 1.77. The molecule has 1 aliphatic rings. The summed E-state index contributed by atoms with van der Waals surface area (Å²) in [6, 6.07) is 6.47. The van der Waals surface area contributed by atoms with Gasteiger partial charge in [0.2, 0.25) is 11.8 Å². The fraction of sp³-hybridized carbons (Fsp3) is 0.308. The van der Waals surface area contributed by atoms with Gasteiger partial charge in [0.15, 0.2) is 0 Å². The van der Waals surface area contributed by atoms with Crippen molar-refractivity contribution >= 4 is 29.1 Å². The van der Waals surface area contributed by atoms with E-state index >= 15 is 0 Å². The number of hydrogen-bond acceptors (Lipinski definition) is 3. The highest BCUT2D eigenvalue weighted by molar-refractivity contribution is 6.32. The van der Waals surface area contributed by atoms with Crippen molar-refractivity contribution in [2.75, 3.05) is 4.90 Å². The summed E-state index contributed by atoms with van der Waals surface area (Å²) in [5.41, 5.74) is 0.741. The number of carbonyl (C=O) groups excluding carboxylic acids is 2. The van der Waals surface area contributed by atoms with Gasteiger partial charge in [0.1, 0.15) is 6.07 Å². The Bertz CT molecular complexity index is 557. The van der Waals surface area contributed by atoms with Gasteiger partial charge in [-0.2, -0.15) is 5.26 Å². The first kappa shape index (κ1) is 12.6. The minimum atomic E-state index is -0.327. The van der Waals surface area contributed by atoms with Crippen LogP contribution in [0.2, 0.25) is 5.02 Å². The van der Waals surface area contributed by atoms with Crippen LogP contribution in [-0.2, 0) is 9.59 Å². The third-order valence-electron chi connectivity index (χ3n) is 3.30. The second-order valence-electron chi connectivity index (χ2n) is 4.37. The first-order valence-electron chi connectivity index (χ1n) is 5.55. The van der Waals surface area contributed by atoms with Gasteiger partial charge in [0, 0.05) is 11.8 Å². The van der Waals surface area contributed by atoms with E-state index in [-0.39, 0.29) is 28.7 Å². The lowest BCUT2D eigenvalue weighted by Gasteiger charge is -2.15. The first-order valence-corrected chi connectivity index (χ1v) is 5.92. The number of benzene rings is 1. The molecule has 4 nitrogen and oxygen atoms in total. The van der Waals surface area contributed by atoms with E-state index in [9.17, 15) is 9.59 Å². The molecular formula is C13H11ClN2O2. The lowest BCUT2D eigenvalue weighted by Crippen LogP contribution is -2.30. The van der Waals surface area contributed by atoms with E-state index < -0.39 is 0 Å². The quantitative estimate of drug-likeness (QED) is 0.730. The average Bonchev–Trinajstić information content (AvgIpc) is 2.54. The fourth-order valence-corrected chi connectivity index (χ4v) is 2.15. The molecular weight excluding hydrogens is 252 g/mol. The summed E-state index contributed by atoms with van der Waals surface area (Å²) >= 11 is 5.90. The maximum absolute atomic E-state index is 12.0. The highest BCUT2D eigenvalue weighted by Gasteiger charge is 2.43. The average molecular weight is 263 g/mol. The number of anilines is 1. The van der Waals surface area contributed by atoms with Crippen LogP contribution in [0.4, 0.5) is 5.69 Å². The summed E-state index contributed by atoms with van der Waals surface area (Å²) in [5, 5.41) is 9.02. The molecule has 0 N–H and O–H groups in total. The van der Waals surface area contributed by atoms with Crippen LogP contribution in [0.3, 0.4) is 0 Å². The summed E-state index contributed by atoms with van der Waals surface area (Å²) in [7, 11) is 0. The largest absolute Gasteiger partial charge is 0.274 e. The Morgan fingerprint density at radius 2 is 1.78 bits per heavy atom. The molecule has 0 aliphatic carbocycles. The van der Waals surface area contributed by atoms with Gasteiger partial charge in [-0.1, -0.05) is 25.4 Å². The Kier molecular flexibility index (Phi) is 3.10. The molecule has 1 fully saturated rings. The normalized spacial score (nSPS) is 23.3. The van der Waals surface area contributed by atoms with Crippen molar-refractivity contribution in [3.63, 3.8) is 0 Å². The minimum absolute atomic E-state index is 0.228. The van der Waals surface area contributed by atoms with E-state index in [0.717, 1.165) is 4.90 Å². The van der Waals surface area contributed by atoms with E-state index in [1.807, 2.05) is 6.07 Å². The number of amides is 2. The molecule has 1 aromatic rings. The van der Waals surface area contributed by atoms with Gasteiger partial charge in [-0.3, -0.25) is 14.5 Å². The molecule has 0 bridgehead atoms. The fourth-order valence-electron chi connectivity index (χ4n) is 1.93. The van der Waals surface area contributed by atoms with Gasteiger partial charge in [-0.05, 0) is 18.2 Å². The highest BCUT2D eigenvalue weighted by atomic mass is 35.5. The summed E-state index contributed by atoms with van der Waals surface area (Å²) in [6.45, 7) is 3.46. The third-order valence-corrected chi connectivity index (χ3v) is 3.61. The van der Waals surface area contributed by atoms with Crippen LogP contribution in [0, 0.1) is 23.2 Å². The maximum atomic E-state index is 12.0. The molecule has 1 aliphatic heterocycles. The van der Waals surface area contributed by atoms with Crippen molar-refractivity contribution in [1.29, 1.82) is 5.26 Å². The summed E-state index contributed by atoms with van der Waals surface area (Å²) in [5.74, 6) is -1.11. The van der Waals surface area contributed by atoms with Crippen LogP contribution in [0.5, 0.6) is 0 Å². The first-order chi connectivity index (χ1) is 8.47. The number of nitrogens with zero attached hydrogens (tertiary/aromatic N) is 2. The molecule has 2 amide bonds. The predicted octanol–water partition coefficient (Wildman–Crippen LogP) is 2.36. The van der Waals surface area contributed by atoms with Crippen LogP contribution in [0.25, 0.3) is 0 Å². The predicted molar refractivity (Wildman–Crippen MR) is 67.0 cm³/mol. The number of imide groups is 1. The smallest absolute Gasteiger partial charge is 0.237 e. The summed E-state index contributed by atoms with van der Waals surface area (Å²) in [6.07, 6.45) is 0. The highest BCUT2D eigenvalue weighted by Crippen LogP contribution is 2.32. The van der Waals surface area contributed by atoms with Crippen molar-refractivity contribution < 1.29 is 9.59 Å². The van der Waals surface area contributed by atoms with Crippen LogP contribution >= 0.6 is 11.6 Å². The van der Waals surface area contributed by atoms with E-state index in [2.05, 4.69) is 0 Å².